The van der Waals surface area contributed by atoms with Gasteiger partial charge in [-0.15, -0.1) is 0 Å². The molecule has 2 aromatic rings. The number of anilines is 1. The molecule has 0 amide bonds. The lowest BCUT2D eigenvalue weighted by Crippen LogP contribution is -1.96. The average Bonchev–Trinajstić information content (AvgIpc) is 2.26. The Morgan fingerprint density at radius 3 is 2.69 bits per heavy atom. The lowest BCUT2D eigenvalue weighted by atomic mass is 10.3. The lowest BCUT2D eigenvalue weighted by molar-refractivity contribution is 0.430. The topological polar surface area (TPSA) is 48.1 Å². The van der Waals surface area contributed by atoms with Gasteiger partial charge in [-0.3, -0.25) is 0 Å². The van der Waals surface area contributed by atoms with Crippen molar-refractivity contribution in [3.05, 3.63) is 47.9 Å². The molecule has 0 bridgehead atoms. The van der Waals surface area contributed by atoms with Crippen molar-refractivity contribution >= 4 is 5.69 Å². The van der Waals surface area contributed by atoms with Crippen LogP contribution in [0.4, 0.5) is 10.1 Å². The van der Waals surface area contributed by atoms with Crippen LogP contribution >= 0.6 is 0 Å². The van der Waals surface area contributed by atoms with Crippen molar-refractivity contribution in [2.45, 2.75) is 6.92 Å². The van der Waals surface area contributed by atoms with Gasteiger partial charge in [0, 0.05) is 12.3 Å². The van der Waals surface area contributed by atoms with Gasteiger partial charge in [-0.2, -0.15) is 0 Å². The Morgan fingerprint density at radius 2 is 2.06 bits per heavy atom. The van der Waals surface area contributed by atoms with Gasteiger partial charge in [0.15, 0.2) is 11.6 Å². The number of hydrogen-bond donors (Lipinski definition) is 1. The summed E-state index contributed by atoms with van der Waals surface area (Å²) < 4.78 is 18.7. The van der Waals surface area contributed by atoms with Crippen molar-refractivity contribution in [3.8, 4) is 11.6 Å². The Labute approximate surface area is 92.7 Å². The molecule has 0 radical (unpaired) electrons. The fourth-order valence-electron chi connectivity index (χ4n) is 1.25. The van der Waals surface area contributed by atoms with Crippen LogP contribution < -0.4 is 10.5 Å². The Morgan fingerprint density at radius 1 is 1.25 bits per heavy atom. The first-order valence-electron chi connectivity index (χ1n) is 4.81. The number of nitrogens with zero attached hydrogens (tertiary/aromatic N) is 1. The van der Waals surface area contributed by atoms with Crippen molar-refractivity contribution in [1.29, 1.82) is 0 Å². The smallest absolute Gasteiger partial charge is 0.219 e. The van der Waals surface area contributed by atoms with E-state index >= 15 is 0 Å². The highest BCUT2D eigenvalue weighted by Gasteiger charge is 2.08. The number of para-hydroxylation sites is 1. The van der Waals surface area contributed by atoms with Crippen molar-refractivity contribution < 1.29 is 9.13 Å². The maximum atomic E-state index is 13.4. The van der Waals surface area contributed by atoms with E-state index in [0.717, 1.165) is 5.56 Å². The van der Waals surface area contributed by atoms with Crippen LogP contribution in [-0.2, 0) is 0 Å². The molecule has 2 N–H and O–H groups in total. The normalized spacial score (nSPS) is 10.1. The third-order valence-electron chi connectivity index (χ3n) is 2.09. The monoisotopic (exact) mass is 218 g/mol. The zero-order valence-electron chi connectivity index (χ0n) is 8.77. The molecule has 0 unspecified atom stereocenters. The first-order valence-corrected chi connectivity index (χ1v) is 4.81. The van der Waals surface area contributed by atoms with Gasteiger partial charge in [-0.05, 0) is 24.6 Å². The number of ether oxygens (including phenoxy) is 1. The zero-order valence-corrected chi connectivity index (χ0v) is 8.77. The number of pyridine rings is 1. The lowest BCUT2D eigenvalue weighted by Gasteiger charge is -2.08. The van der Waals surface area contributed by atoms with Gasteiger partial charge in [0.2, 0.25) is 5.88 Å². The van der Waals surface area contributed by atoms with E-state index in [9.17, 15) is 4.39 Å². The molecule has 1 aromatic heterocycles. The summed E-state index contributed by atoms with van der Waals surface area (Å²) in [5, 5.41) is 0. The van der Waals surface area contributed by atoms with E-state index in [1.54, 1.807) is 18.3 Å². The number of halogens is 1. The SMILES string of the molecule is Cc1ccc(Oc2c(N)cccc2F)nc1. The van der Waals surface area contributed by atoms with Crippen molar-refractivity contribution in [1.82, 2.24) is 4.98 Å². The second kappa shape index (κ2) is 4.18. The Hall–Kier alpha value is -2.10. The van der Waals surface area contributed by atoms with Crippen LogP contribution in [0.2, 0.25) is 0 Å². The highest BCUT2D eigenvalue weighted by Crippen LogP contribution is 2.28. The van der Waals surface area contributed by atoms with E-state index in [0.29, 0.717) is 5.88 Å². The van der Waals surface area contributed by atoms with Crippen LogP contribution in [0.1, 0.15) is 5.56 Å². The van der Waals surface area contributed by atoms with Crippen LogP contribution in [0.3, 0.4) is 0 Å². The van der Waals surface area contributed by atoms with E-state index in [1.165, 1.54) is 12.1 Å². The Bertz CT molecular complexity index is 477. The maximum Gasteiger partial charge on any atom is 0.219 e. The predicted molar refractivity (Wildman–Crippen MR) is 59.9 cm³/mol. The van der Waals surface area contributed by atoms with Gasteiger partial charge in [-0.25, -0.2) is 9.37 Å². The molecule has 0 fully saturated rings. The molecule has 0 spiro atoms. The van der Waals surface area contributed by atoms with E-state index in [4.69, 9.17) is 10.5 Å². The molecule has 1 heterocycles. The number of nitrogens with two attached hydrogens (primary N) is 1. The number of aromatic nitrogens is 1. The largest absolute Gasteiger partial charge is 0.434 e. The molecular weight excluding hydrogens is 207 g/mol. The molecular formula is C12H11FN2O. The molecule has 3 nitrogen and oxygen atoms in total. The highest BCUT2D eigenvalue weighted by molar-refractivity contribution is 5.53. The third-order valence-corrected chi connectivity index (χ3v) is 2.09. The first kappa shape index (κ1) is 10.4. The molecule has 0 atom stereocenters. The number of aryl methyl sites for hydroxylation is 1. The summed E-state index contributed by atoms with van der Waals surface area (Å²) in [6.45, 7) is 1.91. The Balaban J connectivity index is 2.30. The van der Waals surface area contributed by atoms with Crippen LogP contribution in [0, 0.1) is 12.7 Å². The summed E-state index contributed by atoms with van der Waals surface area (Å²) in [5.74, 6) is -0.163. The van der Waals surface area contributed by atoms with Gasteiger partial charge in [0.1, 0.15) is 0 Å². The second-order valence-electron chi connectivity index (χ2n) is 3.43. The van der Waals surface area contributed by atoms with E-state index in [2.05, 4.69) is 4.98 Å². The fourth-order valence-corrected chi connectivity index (χ4v) is 1.25. The molecule has 0 aliphatic rings. The minimum absolute atomic E-state index is 0.0128. The van der Waals surface area contributed by atoms with E-state index < -0.39 is 5.82 Å². The maximum absolute atomic E-state index is 13.4. The summed E-state index contributed by atoms with van der Waals surface area (Å²) >= 11 is 0. The Kier molecular flexibility index (Phi) is 2.72. The van der Waals surface area contributed by atoms with Crippen LogP contribution in [0.15, 0.2) is 36.5 Å². The molecule has 0 aliphatic carbocycles. The van der Waals surface area contributed by atoms with E-state index in [1.807, 2.05) is 13.0 Å². The quantitative estimate of drug-likeness (QED) is 0.788. The molecule has 16 heavy (non-hydrogen) atoms. The number of hydrogen-bond acceptors (Lipinski definition) is 3. The molecule has 0 saturated carbocycles. The molecule has 0 saturated heterocycles. The molecule has 4 heteroatoms. The second-order valence-corrected chi connectivity index (χ2v) is 3.43. The fraction of sp³-hybridized carbons (Fsp3) is 0.0833. The van der Waals surface area contributed by atoms with Gasteiger partial charge in [0.05, 0.1) is 5.69 Å². The summed E-state index contributed by atoms with van der Waals surface area (Å²) in [4.78, 5) is 4.01. The molecule has 0 aliphatic heterocycles. The number of rotatable bonds is 2. The summed E-state index contributed by atoms with van der Waals surface area (Å²) in [7, 11) is 0. The zero-order chi connectivity index (χ0) is 11.5. The minimum atomic E-state index is -0.498. The summed E-state index contributed by atoms with van der Waals surface area (Å²) in [5.41, 5.74) is 6.87. The number of nitrogen functional groups attached to an aromatic ring is 1. The van der Waals surface area contributed by atoms with Gasteiger partial charge in [0.25, 0.3) is 0 Å². The summed E-state index contributed by atoms with van der Waals surface area (Å²) in [6, 6.07) is 7.90. The minimum Gasteiger partial charge on any atom is -0.434 e. The number of benzene rings is 1. The van der Waals surface area contributed by atoms with Crippen LogP contribution in [-0.4, -0.2) is 4.98 Å². The van der Waals surface area contributed by atoms with Crippen molar-refractivity contribution in [2.24, 2.45) is 0 Å². The summed E-state index contributed by atoms with van der Waals surface area (Å²) in [6.07, 6.45) is 1.65. The van der Waals surface area contributed by atoms with E-state index in [-0.39, 0.29) is 11.4 Å². The standard InChI is InChI=1S/C12H11FN2O/c1-8-5-6-11(15-7-8)16-12-9(13)3-2-4-10(12)14/h2-7H,14H2,1H3. The van der Waals surface area contributed by atoms with Gasteiger partial charge in [-0.1, -0.05) is 12.1 Å². The van der Waals surface area contributed by atoms with Crippen molar-refractivity contribution in [2.75, 3.05) is 5.73 Å². The highest BCUT2D eigenvalue weighted by atomic mass is 19.1. The van der Waals surface area contributed by atoms with Crippen LogP contribution in [0.5, 0.6) is 11.6 Å². The molecule has 82 valence electrons. The third kappa shape index (κ3) is 2.11. The van der Waals surface area contributed by atoms with Crippen molar-refractivity contribution in [3.63, 3.8) is 0 Å². The van der Waals surface area contributed by atoms with Gasteiger partial charge < -0.3 is 10.5 Å². The van der Waals surface area contributed by atoms with Gasteiger partial charge >= 0.3 is 0 Å². The first-order chi connectivity index (χ1) is 7.66. The predicted octanol–water partition coefficient (Wildman–Crippen LogP) is 2.90. The molecule has 2 rings (SSSR count). The average molecular weight is 218 g/mol. The molecule has 1 aromatic carbocycles. The van der Waals surface area contributed by atoms with Crippen LogP contribution in [0.25, 0.3) is 0 Å².